The highest BCUT2D eigenvalue weighted by atomic mass is 32.1. The molecule has 1 atom stereocenters. The van der Waals surface area contributed by atoms with Gasteiger partial charge in [0, 0.05) is 18.8 Å². The first-order valence-corrected chi connectivity index (χ1v) is 6.83. The zero-order chi connectivity index (χ0) is 14.7. The van der Waals surface area contributed by atoms with Crippen molar-refractivity contribution in [2.45, 2.75) is 13.0 Å². The van der Waals surface area contributed by atoms with Crippen LogP contribution in [-0.4, -0.2) is 30.3 Å². The van der Waals surface area contributed by atoms with Crippen molar-refractivity contribution >= 4 is 27.9 Å². The Bertz CT molecular complexity index is 593. The average Bonchev–Trinajstić information content (AvgIpc) is 3.06. The van der Waals surface area contributed by atoms with Gasteiger partial charge in [-0.1, -0.05) is 0 Å². The Morgan fingerprint density at radius 3 is 2.90 bits per heavy atom. The van der Waals surface area contributed by atoms with Gasteiger partial charge in [0.25, 0.3) is 5.91 Å². The molecule has 0 aromatic carbocycles. The topological polar surface area (TPSA) is 105 Å². The molecule has 7 nitrogen and oxygen atoms in total. The zero-order valence-electron chi connectivity index (χ0n) is 11.5. The van der Waals surface area contributed by atoms with E-state index in [0.717, 1.165) is 10.6 Å². The van der Waals surface area contributed by atoms with Gasteiger partial charge in [-0.15, -0.1) is 11.3 Å². The fraction of sp³-hybridized carbons (Fsp3) is 0.333. The Kier molecular flexibility index (Phi) is 4.14. The molecule has 0 radical (unpaired) electrons. The molecule has 2 aromatic heterocycles. The van der Waals surface area contributed by atoms with Crippen molar-refractivity contribution in [2.24, 2.45) is 0 Å². The van der Waals surface area contributed by atoms with Gasteiger partial charge >= 0.3 is 0 Å². The predicted octanol–water partition coefficient (Wildman–Crippen LogP) is 1.59. The number of anilines is 2. The number of nitrogen functional groups attached to an aromatic ring is 1. The molecule has 0 aliphatic heterocycles. The first kappa shape index (κ1) is 14.2. The van der Waals surface area contributed by atoms with Crippen LogP contribution in [0.15, 0.2) is 12.4 Å². The summed E-state index contributed by atoms with van der Waals surface area (Å²) in [6.07, 6.45) is 3.54. The Morgan fingerprint density at radius 2 is 2.35 bits per heavy atom. The van der Waals surface area contributed by atoms with E-state index >= 15 is 0 Å². The summed E-state index contributed by atoms with van der Waals surface area (Å²) in [5, 5.41) is 13.2. The Hall–Kier alpha value is -2.22. The molecule has 1 amide bonds. The van der Waals surface area contributed by atoms with Crippen molar-refractivity contribution in [1.29, 1.82) is 0 Å². The van der Waals surface area contributed by atoms with Gasteiger partial charge in [0.1, 0.15) is 15.6 Å². The average molecular weight is 295 g/mol. The quantitative estimate of drug-likeness (QED) is 0.670. The summed E-state index contributed by atoms with van der Waals surface area (Å²) in [4.78, 5) is 12.2. The number of amides is 1. The van der Waals surface area contributed by atoms with Crippen molar-refractivity contribution < 1.29 is 9.53 Å². The maximum absolute atomic E-state index is 11.8. The predicted molar refractivity (Wildman–Crippen MR) is 79.3 cm³/mol. The highest BCUT2D eigenvalue weighted by Gasteiger charge is 2.22. The number of rotatable bonds is 5. The van der Waals surface area contributed by atoms with Gasteiger partial charge in [0.05, 0.1) is 19.3 Å². The molecule has 0 aliphatic carbocycles. The van der Waals surface area contributed by atoms with Crippen molar-refractivity contribution in [3.63, 3.8) is 0 Å². The van der Waals surface area contributed by atoms with E-state index in [1.54, 1.807) is 19.4 Å². The molecular formula is C12H17N5O2S. The van der Waals surface area contributed by atoms with E-state index in [1.807, 2.05) is 6.92 Å². The fourth-order valence-electron chi connectivity index (χ4n) is 1.79. The molecule has 108 valence electrons. The largest absolute Gasteiger partial charge is 0.492 e. The van der Waals surface area contributed by atoms with E-state index in [4.69, 9.17) is 10.5 Å². The number of hydrogen-bond donors (Lipinski definition) is 4. The molecule has 0 bridgehead atoms. The summed E-state index contributed by atoms with van der Waals surface area (Å²) < 4.78 is 5.29. The maximum atomic E-state index is 11.8. The second-order valence-corrected chi connectivity index (χ2v) is 5.20. The molecule has 2 aromatic rings. The Balaban J connectivity index is 2.29. The first-order valence-electron chi connectivity index (χ1n) is 6.02. The van der Waals surface area contributed by atoms with E-state index in [1.165, 1.54) is 18.4 Å². The third kappa shape index (κ3) is 2.55. The van der Waals surface area contributed by atoms with E-state index in [0.29, 0.717) is 16.3 Å². The molecule has 20 heavy (non-hydrogen) atoms. The molecular weight excluding hydrogens is 278 g/mol. The van der Waals surface area contributed by atoms with Crippen LogP contribution in [0.25, 0.3) is 0 Å². The zero-order valence-corrected chi connectivity index (χ0v) is 12.3. The van der Waals surface area contributed by atoms with Crippen LogP contribution in [-0.2, 0) is 0 Å². The minimum absolute atomic E-state index is 0.0123. The monoisotopic (exact) mass is 295 g/mol. The summed E-state index contributed by atoms with van der Waals surface area (Å²) in [6, 6.07) is 0.0123. The van der Waals surface area contributed by atoms with Gasteiger partial charge in [0.2, 0.25) is 0 Å². The van der Waals surface area contributed by atoms with Crippen molar-refractivity contribution in [3.8, 4) is 5.75 Å². The number of nitrogens with one attached hydrogen (secondary N) is 3. The summed E-state index contributed by atoms with van der Waals surface area (Å²) in [7, 11) is 3.09. The van der Waals surface area contributed by atoms with Crippen LogP contribution in [0, 0.1) is 0 Å². The molecule has 2 heterocycles. The number of ether oxygens (including phenoxy) is 1. The van der Waals surface area contributed by atoms with E-state index in [2.05, 4.69) is 20.8 Å². The van der Waals surface area contributed by atoms with Crippen LogP contribution in [0.4, 0.5) is 10.7 Å². The fourth-order valence-corrected chi connectivity index (χ4v) is 2.91. The summed E-state index contributed by atoms with van der Waals surface area (Å²) in [6.45, 7) is 1.99. The lowest BCUT2D eigenvalue weighted by molar-refractivity contribution is 0.0967. The van der Waals surface area contributed by atoms with Crippen molar-refractivity contribution in [1.82, 2.24) is 15.5 Å². The smallest absolute Gasteiger partial charge is 0.263 e. The van der Waals surface area contributed by atoms with Gasteiger partial charge < -0.3 is 21.1 Å². The standard InChI is InChI=1S/C12H17N5O2S/c1-6(7-4-15-16-5-7)17-12-9(19-3)8(13)10(20-12)11(18)14-2/h4-6,17H,13H2,1-3H3,(H,14,18)(H,15,16). The number of methoxy groups -OCH3 is 1. The molecule has 0 saturated carbocycles. The van der Waals surface area contributed by atoms with Crippen LogP contribution < -0.4 is 21.1 Å². The Morgan fingerprint density at radius 1 is 1.60 bits per heavy atom. The highest BCUT2D eigenvalue weighted by Crippen LogP contribution is 2.43. The van der Waals surface area contributed by atoms with Crippen LogP contribution in [0.5, 0.6) is 5.75 Å². The molecule has 5 N–H and O–H groups in total. The van der Waals surface area contributed by atoms with Gasteiger partial charge in [-0.2, -0.15) is 5.10 Å². The molecule has 0 spiro atoms. The molecule has 8 heteroatoms. The number of carbonyl (C=O) groups is 1. The third-order valence-corrected chi connectivity index (χ3v) is 4.02. The number of nitrogens with zero attached hydrogens (tertiary/aromatic N) is 1. The lowest BCUT2D eigenvalue weighted by Crippen LogP contribution is -2.17. The normalized spacial score (nSPS) is 11.9. The van der Waals surface area contributed by atoms with Crippen LogP contribution in [0.1, 0.15) is 28.2 Å². The maximum Gasteiger partial charge on any atom is 0.263 e. The molecule has 1 unspecified atom stereocenters. The summed E-state index contributed by atoms with van der Waals surface area (Å²) in [5.41, 5.74) is 7.30. The van der Waals surface area contributed by atoms with Gasteiger partial charge in [-0.05, 0) is 6.92 Å². The number of carbonyl (C=O) groups excluding carboxylic acids is 1. The number of nitrogens with two attached hydrogens (primary N) is 1. The lowest BCUT2D eigenvalue weighted by Gasteiger charge is -2.13. The minimum Gasteiger partial charge on any atom is -0.492 e. The number of aromatic nitrogens is 2. The van der Waals surface area contributed by atoms with Gasteiger partial charge in [-0.3, -0.25) is 9.89 Å². The molecule has 0 aliphatic rings. The number of thiophene rings is 1. The minimum atomic E-state index is -0.227. The van der Waals surface area contributed by atoms with Crippen LogP contribution >= 0.6 is 11.3 Å². The van der Waals surface area contributed by atoms with Crippen molar-refractivity contribution in [2.75, 3.05) is 25.2 Å². The second-order valence-electron chi connectivity index (χ2n) is 4.18. The second kappa shape index (κ2) is 5.83. The van der Waals surface area contributed by atoms with Crippen LogP contribution in [0.3, 0.4) is 0 Å². The summed E-state index contributed by atoms with van der Waals surface area (Å²) >= 11 is 1.27. The van der Waals surface area contributed by atoms with E-state index in [9.17, 15) is 4.79 Å². The van der Waals surface area contributed by atoms with Gasteiger partial charge in [0.15, 0.2) is 5.75 Å². The first-order chi connectivity index (χ1) is 9.58. The molecule has 0 fully saturated rings. The van der Waals surface area contributed by atoms with E-state index < -0.39 is 0 Å². The molecule has 0 saturated heterocycles. The lowest BCUT2D eigenvalue weighted by atomic mass is 10.2. The van der Waals surface area contributed by atoms with Crippen LogP contribution in [0.2, 0.25) is 0 Å². The van der Waals surface area contributed by atoms with E-state index in [-0.39, 0.29) is 11.9 Å². The van der Waals surface area contributed by atoms with Crippen molar-refractivity contribution in [3.05, 3.63) is 22.8 Å². The number of H-pyrrole nitrogens is 1. The number of hydrogen-bond acceptors (Lipinski definition) is 6. The number of aromatic amines is 1. The Labute approximate surface area is 120 Å². The third-order valence-electron chi connectivity index (χ3n) is 2.90. The molecule has 2 rings (SSSR count). The highest BCUT2D eigenvalue weighted by molar-refractivity contribution is 7.19. The van der Waals surface area contributed by atoms with Gasteiger partial charge in [-0.25, -0.2) is 0 Å². The summed E-state index contributed by atoms with van der Waals surface area (Å²) in [5.74, 6) is 0.263. The SMILES string of the molecule is CNC(=O)c1sc(NC(C)c2cn[nH]c2)c(OC)c1N.